The average molecular weight is 348 g/mol. The van der Waals surface area contributed by atoms with Crippen LogP contribution in [-0.2, 0) is 6.61 Å². The molecule has 0 fully saturated rings. The van der Waals surface area contributed by atoms with E-state index in [4.69, 9.17) is 9.26 Å². The van der Waals surface area contributed by atoms with Crippen molar-refractivity contribution in [3.63, 3.8) is 0 Å². The van der Waals surface area contributed by atoms with Gasteiger partial charge in [-0.05, 0) is 37.1 Å². The molecule has 3 aromatic rings. The van der Waals surface area contributed by atoms with E-state index in [0.717, 1.165) is 29.0 Å². The van der Waals surface area contributed by atoms with Gasteiger partial charge in [0, 0.05) is 12.2 Å². The lowest BCUT2D eigenvalue weighted by molar-refractivity contribution is 0.0976. The predicted octanol–water partition coefficient (Wildman–Crippen LogP) is 4.60. The van der Waals surface area contributed by atoms with Gasteiger partial charge in [-0.2, -0.15) is 0 Å². The van der Waals surface area contributed by atoms with E-state index >= 15 is 0 Å². The number of para-hydroxylation sites is 2. The van der Waals surface area contributed by atoms with Gasteiger partial charge in [-0.25, -0.2) is 0 Å². The van der Waals surface area contributed by atoms with Crippen molar-refractivity contribution in [1.29, 1.82) is 0 Å². The number of rotatable bonds is 4. The number of amides is 1. The molecule has 0 aliphatic carbocycles. The Morgan fingerprint density at radius 2 is 1.92 bits per heavy atom. The molecule has 1 aliphatic heterocycles. The molecule has 0 radical (unpaired) electrons. The Morgan fingerprint density at radius 1 is 1.15 bits per heavy atom. The molecule has 0 saturated heterocycles. The van der Waals surface area contributed by atoms with Crippen LogP contribution in [0.25, 0.3) is 11.3 Å². The summed E-state index contributed by atoms with van der Waals surface area (Å²) in [4.78, 5) is 15.1. The number of carbonyl (C=O) groups is 1. The lowest BCUT2D eigenvalue weighted by atomic mass is 10.0. The van der Waals surface area contributed by atoms with E-state index in [1.54, 1.807) is 4.90 Å². The van der Waals surface area contributed by atoms with Crippen molar-refractivity contribution in [3.8, 4) is 17.1 Å². The molecule has 1 amide bonds. The van der Waals surface area contributed by atoms with Gasteiger partial charge < -0.3 is 14.2 Å². The van der Waals surface area contributed by atoms with Crippen molar-refractivity contribution in [2.24, 2.45) is 0 Å². The standard InChI is InChI=1S/C21H20N2O3/c1-3-12-23(17-10-6-4-8-14(17)2)21(24)19-16-13-25-18-11-7-5-9-15(18)20(16)26-22-19/h4-11H,3,12-13H2,1-2H3. The lowest BCUT2D eigenvalue weighted by Crippen LogP contribution is -2.33. The van der Waals surface area contributed by atoms with Crippen LogP contribution in [0.5, 0.6) is 5.75 Å². The highest BCUT2D eigenvalue weighted by atomic mass is 16.5. The molecule has 5 nitrogen and oxygen atoms in total. The molecule has 5 heteroatoms. The first-order valence-electron chi connectivity index (χ1n) is 8.79. The van der Waals surface area contributed by atoms with Crippen LogP contribution in [0.1, 0.15) is 35.0 Å². The van der Waals surface area contributed by atoms with E-state index < -0.39 is 0 Å². The van der Waals surface area contributed by atoms with Gasteiger partial charge in [0.1, 0.15) is 12.4 Å². The molecule has 0 N–H and O–H groups in total. The van der Waals surface area contributed by atoms with E-state index in [1.807, 2.05) is 55.5 Å². The third-order valence-electron chi connectivity index (χ3n) is 4.59. The number of hydrogen-bond acceptors (Lipinski definition) is 4. The second-order valence-electron chi connectivity index (χ2n) is 6.37. The summed E-state index contributed by atoms with van der Waals surface area (Å²) in [6.07, 6.45) is 0.847. The van der Waals surface area contributed by atoms with Crippen molar-refractivity contribution >= 4 is 11.6 Å². The summed E-state index contributed by atoms with van der Waals surface area (Å²) in [7, 11) is 0. The Bertz CT molecular complexity index is 961. The molecule has 2 aromatic carbocycles. The first kappa shape index (κ1) is 16.4. The van der Waals surface area contributed by atoms with E-state index in [2.05, 4.69) is 12.1 Å². The van der Waals surface area contributed by atoms with Crippen LogP contribution in [0, 0.1) is 6.92 Å². The molecule has 0 atom stereocenters. The van der Waals surface area contributed by atoms with Crippen LogP contribution in [0.4, 0.5) is 5.69 Å². The molecule has 2 heterocycles. The summed E-state index contributed by atoms with van der Waals surface area (Å²) in [6, 6.07) is 15.5. The van der Waals surface area contributed by atoms with Crippen molar-refractivity contribution in [2.75, 3.05) is 11.4 Å². The number of carbonyl (C=O) groups excluding carboxylic acids is 1. The number of aryl methyl sites for hydroxylation is 1. The van der Waals surface area contributed by atoms with Crippen LogP contribution >= 0.6 is 0 Å². The molecule has 132 valence electrons. The third-order valence-corrected chi connectivity index (χ3v) is 4.59. The molecule has 0 saturated carbocycles. The van der Waals surface area contributed by atoms with Crippen LogP contribution in [0.15, 0.2) is 53.1 Å². The number of ether oxygens (including phenoxy) is 1. The molecule has 0 bridgehead atoms. The molecular formula is C21H20N2O3. The van der Waals surface area contributed by atoms with Gasteiger partial charge in [-0.3, -0.25) is 4.79 Å². The fraction of sp³-hybridized carbons (Fsp3) is 0.238. The minimum atomic E-state index is -0.158. The Labute approximate surface area is 152 Å². The van der Waals surface area contributed by atoms with Gasteiger partial charge in [0.25, 0.3) is 5.91 Å². The Morgan fingerprint density at radius 3 is 2.73 bits per heavy atom. The largest absolute Gasteiger partial charge is 0.488 e. The number of fused-ring (bicyclic) bond motifs is 3. The maximum Gasteiger partial charge on any atom is 0.280 e. The van der Waals surface area contributed by atoms with E-state index in [-0.39, 0.29) is 12.5 Å². The molecular weight excluding hydrogens is 328 g/mol. The summed E-state index contributed by atoms with van der Waals surface area (Å²) in [5, 5.41) is 4.11. The zero-order valence-electron chi connectivity index (χ0n) is 14.9. The summed E-state index contributed by atoms with van der Waals surface area (Å²) in [6.45, 7) is 4.95. The third kappa shape index (κ3) is 2.65. The lowest BCUT2D eigenvalue weighted by Gasteiger charge is -2.24. The van der Waals surface area contributed by atoms with Crippen molar-refractivity contribution in [3.05, 3.63) is 65.4 Å². The first-order chi connectivity index (χ1) is 12.7. The van der Waals surface area contributed by atoms with Crippen molar-refractivity contribution in [2.45, 2.75) is 26.9 Å². The quantitative estimate of drug-likeness (QED) is 0.691. The predicted molar refractivity (Wildman–Crippen MR) is 99.4 cm³/mol. The van der Waals surface area contributed by atoms with Gasteiger partial charge in [-0.15, -0.1) is 0 Å². The minimum absolute atomic E-state index is 0.158. The van der Waals surface area contributed by atoms with E-state index in [0.29, 0.717) is 23.6 Å². The number of hydrogen-bond donors (Lipinski definition) is 0. The van der Waals surface area contributed by atoms with Gasteiger partial charge in [0.2, 0.25) is 0 Å². The normalized spacial score (nSPS) is 12.1. The number of anilines is 1. The monoisotopic (exact) mass is 348 g/mol. The Kier molecular flexibility index (Phi) is 4.21. The number of nitrogens with zero attached hydrogens (tertiary/aromatic N) is 2. The fourth-order valence-corrected chi connectivity index (χ4v) is 3.30. The topological polar surface area (TPSA) is 55.6 Å². The summed E-state index contributed by atoms with van der Waals surface area (Å²) in [5.74, 6) is 1.21. The zero-order valence-corrected chi connectivity index (χ0v) is 14.9. The summed E-state index contributed by atoms with van der Waals surface area (Å²) in [5.41, 5.74) is 3.81. The minimum Gasteiger partial charge on any atom is -0.488 e. The highest BCUT2D eigenvalue weighted by Crippen LogP contribution is 2.39. The summed E-state index contributed by atoms with van der Waals surface area (Å²) < 4.78 is 11.3. The molecule has 26 heavy (non-hydrogen) atoms. The maximum atomic E-state index is 13.3. The Balaban J connectivity index is 1.75. The highest BCUT2D eigenvalue weighted by molar-refractivity contribution is 6.07. The summed E-state index contributed by atoms with van der Waals surface area (Å²) >= 11 is 0. The van der Waals surface area contributed by atoms with Crippen LogP contribution in [0.3, 0.4) is 0 Å². The van der Waals surface area contributed by atoms with Crippen molar-refractivity contribution in [1.82, 2.24) is 5.16 Å². The molecule has 0 spiro atoms. The Hall–Kier alpha value is -3.08. The van der Waals surface area contributed by atoms with E-state index in [1.165, 1.54) is 0 Å². The molecule has 0 unspecified atom stereocenters. The molecule has 1 aromatic heterocycles. The van der Waals surface area contributed by atoms with Gasteiger partial charge in [0.05, 0.1) is 11.1 Å². The second kappa shape index (κ2) is 6.67. The maximum absolute atomic E-state index is 13.3. The van der Waals surface area contributed by atoms with Crippen LogP contribution in [-0.4, -0.2) is 17.6 Å². The first-order valence-corrected chi connectivity index (χ1v) is 8.79. The van der Waals surface area contributed by atoms with Crippen LogP contribution in [0.2, 0.25) is 0 Å². The van der Waals surface area contributed by atoms with Gasteiger partial charge >= 0.3 is 0 Å². The molecule has 1 aliphatic rings. The zero-order chi connectivity index (χ0) is 18.1. The highest BCUT2D eigenvalue weighted by Gasteiger charge is 2.31. The average Bonchev–Trinajstić information content (AvgIpc) is 3.11. The van der Waals surface area contributed by atoms with Crippen molar-refractivity contribution < 1.29 is 14.1 Å². The smallest absolute Gasteiger partial charge is 0.280 e. The van der Waals surface area contributed by atoms with Gasteiger partial charge in [0.15, 0.2) is 11.5 Å². The van der Waals surface area contributed by atoms with Crippen LogP contribution < -0.4 is 9.64 Å². The second-order valence-corrected chi connectivity index (χ2v) is 6.37. The van der Waals surface area contributed by atoms with E-state index in [9.17, 15) is 4.79 Å². The fourth-order valence-electron chi connectivity index (χ4n) is 3.30. The number of benzene rings is 2. The van der Waals surface area contributed by atoms with Gasteiger partial charge in [-0.1, -0.05) is 42.4 Å². The number of aromatic nitrogens is 1. The molecule has 4 rings (SSSR count). The SMILES string of the molecule is CCCN(C(=O)c1noc2c1COc1ccccc1-2)c1ccccc1C.